The van der Waals surface area contributed by atoms with Crippen LogP contribution in [0.2, 0.25) is 5.02 Å². The average molecular weight is 763 g/mol. The molecule has 4 aliphatic heterocycles. The Balaban J connectivity index is 1.14. The van der Waals surface area contributed by atoms with Crippen LogP contribution in [0.5, 0.6) is 11.9 Å². The molecule has 1 spiro atoms. The molecule has 3 aromatic heterocycles. The molecule has 7 heterocycles. The number of methoxy groups -OCH3 is 1. The first-order chi connectivity index (χ1) is 26.1. The van der Waals surface area contributed by atoms with E-state index in [1.54, 1.807) is 12.3 Å². The smallest absolute Gasteiger partial charge is 0.407 e. The third kappa shape index (κ3) is 5.99. The highest BCUT2D eigenvalue weighted by molar-refractivity contribution is 6.33. The van der Waals surface area contributed by atoms with Gasteiger partial charge in [-0.2, -0.15) is 15.1 Å². The van der Waals surface area contributed by atoms with E-state index in [0.29, 0.717) is 83.0 Å². The summed E-state index contributed by atoms with van der Waals surface area (Å²) >= 11 is 6.67. The van der Waals surface area contributed by atoms with E-state index in [9.17, 15) is 4.79 Å². The molecule has 6 atom stereocenters. The topological polar surface area (TPSA) is 140 Å². The Morgan fingerprint density at radius 3 is 2.67 bits per heavy atom. The van der Waals surface area contributed by atoms with Gasteiger partial charge < -0.3 is 29.2 Å². The van der Waals surface area contributed by atoms with Gasteiger partial charge in [0.05, 0.1) is 50.7 Å². The van der Waals surface area contributed by atoms with Gasteiger partial charge in [0.2, 0.25) is 5.88 Å². The molecule has 4 saturated heterocycles. The van der Waals surface area contributed by atoms with Crippen molar-refractivity contribution in [2.75, 3.05) is 44.8 Å². The molecular formula is C39H48ClFN8O5. The summed E-state index contributed by atoms with van der Waals surface area (Å²) < 4.78 is 41.9. The van der Waals surface area contributed by atoms with E-state index in [0.717, 1.165) is 57.9 Å². The Morgan fingerprint density at radius 2 is 1.89 bits per heavy atom. The number of amides is 1. The molecule has 0 bridgehead atoms. The summed E-state index contributed by atoms with van der Waals surface area (Å²) in [7, 11) is 1.50. The highest BCUT2D eigenvalue weighted by Gasteiger charge is 2.51. The van der Waals surface area contributed by atoms with Crippen molar-refractivity contribution in [1.29, 1.82) is 0 Å². The van der Waals surface area contributed by atoms with Crippen LogP contribution in [-0.4, -0.2) is 106 Å². The summed E-state index contributed by atoms with van der Waals surface area (Å²) in [5, 5.41) is 11.4. The molecule has 5 aliphatic rings. The van der Waals surface area contributed by atoms with E-state index >= 15 is 4.39 Å². The lowest BCUT2D eigenvalue weighted by Gasteiger charge is -2.51. The second-order valence-corrected chi connectivity index (χ2v) is 16.7. The zero-order valence-electron chi connectivity index (χ0n) is 31.3. The lowest BCUT2D eigenvalue weighted by atomic mass is 9.74. The van der Waals surface area contributed by atoms with Crippen LogP contribution in [0.1, 0.15) is 77.2 Å². The SMILES string of the molecule is COc1nc(-c2c(C)c(Cl)cc3[nH]ncc23)c(F)c2nc(OCC34CCC[C@H]3N(C3C[C@@H](C)O[C@@H](C)C3)CCC4)nc(N3CCC[C@]4(CNC(=O)O4)C3)c12. The first-order valence-electron chi connectivity index (χ1n) is 19.4. The van der Waals surface area contributed by atoms with Gasteiger partial charge in [-0.05, 0) is 90.3 Å². The van der Waals surface area contributed by atoms with Crippen molar-refractivity contribution < 1.29 is 28.1 Å². The number of aromatic nitrogens is 5. The van der Waals surface area contributed by atoms with Crippen LogP contribution in [0.3, 0.4) is 0 Å². The minimum atomic E-state index is -0.738. The average Bonchev–Trinajstić information content (AvgIpc) is 3.90. The van der Waals surface area contributed by atoms with Crippen LogP contribution in [-0.2, 0) is 9.47 Å². The monoisotopic (exact) mass is 762 g/mol. The number of benzene rings is 1. The zero-order valence-corrected chi connectivity index (χ0v) is 32.1. The number of hydrogen-bond donors (Lipinski definition) is 2. The van der Waals surface area contributed by atoms with E-state index < -0.39 is 17.5 Å². The maximum absolute atomic E-state index is 17.4. The third-order valence-corrected chi connectivity index (χ3v) is 13.2. The molecule has 9 rings (SSSR count). The number of fused-ring (bicyclic) bond motifs is 3. The number of ether oxygens (including phenoxy) is 4. The number of aromatic amines is 1. The fourth-order valence-corrected chi connectivity index (χ4v) is 10.6. The summed E-state index contributed by atoms with van der Waals surface area (Å²) in [6.45, 7) is 9.05. The van der Waals surface area contributed by atoms with Crippen LogP contribution in [0, 0.1) is 18.2 Å². The zero-order chi connectivity index (χ0) is 37.4. The lowest BCUT2D eigenvalue weighted by Crippen LogP contribution is -2.57. The maximum Gasteiger partial charge on any atom is 0.407 e. The Kier molecular flexibility index (Phi) is 9.00. The first kappa shape index (κ1) is 35.7. The molecule has 1 saturated carbocycles. The molecule has 2 unspecified atom stereocenters. The summed E-state index contributed by atoms with van der Waals surface area (Å²) in [5.41, 5.74) is 1.08. The standard InChI is InChI=1S/C39H48ClFN8O5/c1-21-14-24(15-22(2)53-21)49-13-6-10-38(9-5-8-28(38)49)20-52-36-45-33-30(34(46-36)48-12-7-11-39(19-48)18-42-37(50)54-39)35(51-4)44-32(31(33)41)29-23(3)26(40)16-27-25(29)17-43-47-27/h16-17,21-22,24,28H,5-15,18-20H2,1-4H3,(H,42,50)(H,43,47)/t21-,22+,24?,28-,38?,39+/m1/s1. The summed E-state index contributed by atoms with van der Waals surface area (Å²) in [5.74, 6) is -0.0483. The maximum atomic E-state index is 17.4. The van der Waals surface area contributed by atoms with Crippen LogP contribution in [0.15, 0.2) is 12.3 Å². The molecule has 1 aliphatic carbocycles. The quantitative estimate of drug-likeness (QED) is 0.207. The minimum absolute atomic E-state index is 0.0324. The summed E-state index contributed by atoms with van der Waals surface area (Å²) in [4.78, 5) is 31.7. The number of halogens is 2. The molecular weight excluding hydrogens is 715 g/mol. The second-order valence-electron chi connectivity index (χ2n) is 16.3. The van der Waals surface area contributed by atoms with Crippen molar-refractivity contribution in [3.05, 3.63) is 28.7 Å². The number of hydrogen-bond acceptors (Lipinski definition) is 11. The van der Waals surface area contributed by atoms with Crippen LogP contribution in [0.4, 0.5) is 15.0 Å². The van der Waals surface area contributed by atoms with Gasteiger partial charge in [-0.15, -0.1) is 0 Å². The molecule has 54 heavy (non-hydrogen) atoms. The van der Waals surface area contributed by atoms with Gasteiger partial charge in [-0.3, -0.25) is 10.00 Å². The van der Waals surface area contributed by atoms with Gasteiger partial charge in [0.15, 0.2) is 5.82 Å². The van der Waals surface area contributed by atoms with Gasteiger partial charge in [0.25, 0.3) is 0 Å². The number of anilines is 1. The predicted octanol–water partition coefficient (Wildman–Crippen LogP) is 6.73. The van der Waals surface area contributed by atoms with Crippen molar-refractivity contribution in [1.82, 2.24) is 35.4 Å². The Bertz CT molecular complexity index is 2110. The Hall–Kier alpha value is -4.01. The Labute approximate surface area is 318 Å². The second kappa shape index (κ2) is 13.6. The minimum Gasteiger partial charge on any atom is -0.480 e. The molecule has 1 amide bonds. The number of nitrogens with zero attached hydrogens (tertiary/aromatic N) is 6. The van der Waals surface area contributed by atoms with E-state index in [1.807, 2.05) is 11.8 Å². The van der Waals surface area contributed by atoms with Crippen molar-refractivity contribution >= 4 is 45.3 Å². The molecule has 4 aromatic rings. The Morgan fingerprint density at radius 1 is 1.09 bits per heavy atom. The number of H-pyrrole nitrogens is 1. The number of carbonyl (C=O) groups is 1. The first-order valence-corrected chi connectivity index (χ1v) is 19.8. The molecule has 2 N–H and O–H groups in total. The highest BCUT2D eigenvalue weighted by atomic mass is 35.5. The number of rotatable bonds is 7. The van der Waals surface area contributed by atoms with Crippen molar-refractivity contribution in [2.45, 2.75) is 108 Å². The lowest BCUT2D eigenvalue weighted by molar-refractivity contribution is -0.0967. The number of piperidine rings is 2. The number of pyridine rings is 1. The third-order valence-electron chi connectivity index (χ3n) is 12.8. The van der Waals surface area contributed by atoms with Crippen LogP contribution >= 0.6 is 11.6 Å². The fraction of sp³-hybridized carbons (Fsp3) is 0.615. The van der Waals surface area contributed by atoms with E-state index in [1.165, 1.54) is 7.11 Å². The van der Waals surface area contributed by atoms with Gasteiger partial charge in [0, 0.05) is 40.0 Å². The van der Waals surface area contributed by atoms with Crippen molar-refractivity contribution in [2.24, 2.45) is 5.41 Å². The molecule has 288 valence electrons. The van der Waals surface area contributed by atoms with E-state index in [2.05, 4.69) is 34.3 Å². The van der Waals surface area contributed by atoms with Crippen LogP contribution < -0.4 is 19.7 Å². The number of likely N-dealkylation sites (tertiary alicyclic amines) is 1. The number of carbonyl (C=O) groups excluding carboxylic acids is 1. The largest absolute Gasteiger partial charge is 0.480 e. The van der Waals surface area contributed by atoms with Gasteiger partial charge in [-0.1, -0.05) is 18.0 Å². The van der Waals surface area contributed by atoms with Gasteiger partial charge in [0.1, 0.15) is 28.0 Å². The summed E-state index contributed by atoms with van der Waals surface area (Å²) in [6.07, 6.45) is 10.6. The van der Waals surface area contributed by atoms with Gasteiger partial charge >= 0.3 is 12.1 Å². The predicted molar refractivity (Wildman–Crippen MR) is 202 cm³/mol. The molecule has 15 heteroatoms. The molecule has 5 fully saturated rings. The number of alkyl carbamates (subject to hydrolysis) is 1. The fourth-order valence-electron chi connectivity index (χ4n) is 10.4. The normalized spacial score (nSPS) is 30.2. The van der Waals surface area contributed by atoms with Crippen molar-refractivity contribution in [3.8, 4) is 23.1 Å². The highest BCUT2D eigenvalue weighted by Crippen LogP contribution is 2.50. The summed E-state index contributed by atoms with van der Waals surface area (Å²) in [6, 6.07) is 2.73. The molecule has 0 radical (unpaired) electrons. The molecule has 13 nitrogen and oxygen atoms in total. The van der Waals surface area contributed by atoms with E-state index in [4.69, 9.17) is 45.5 Å². The number of nitrogens with one attached hydrogen (secondary N) is 2. The van der Waals surface area contributed by atoms with Crippen molar-refractivity contribution in [3.63, 3.8) is 0 Å². The van der Waals surface area contributed by atoms with E-state index in [-0.39, 0.29) is 40.7 Å². The van der Waals surface area contributed by atoms with Crippen LogP contribution in [0.25, 0.3) is 33.1 Å². The molecule has 1 aromatic carbocycles. The van der Waals surface area contributed by atoms with Gasteiger partial charge in [-0.25, -0.2) is 14.2 Å².